The molecule has 0 bridgehead atoms. The second-order valence-corrected chi connectivity index (χ2v) is 4.13. The highest BCUT2D eigenvalue weighted by atomic mass is 35.5. The van der Waals surface area contributed by atoms with Gasteiger partial charge in [-0.05, 0) is 24.3 Å². The van der Waals surface area contributed by atoms with Crippen LogP contribution < -0.4 is 10.6 Å². The monoisotopic (exact) mass is 236 g/mol. The Kier molecular flexibility index (Phi) is 3.06. The molecule has 1 aromatic carbocycles. The van der Waals surface area contributed by atoms with Crippen molar-refractivity contribution >= 4 is 23.0 Å². The highest BCUT2D eigenvalue weighted by molar-refractivity contribution is 6.31. The lowest BCUT2D eigenvalue weighted by Crippen LogP contribution is -2.17. The first-order valence-electron chi connectivity index (χ1n) is 4.94. The zero-order valence-electron chi connectivity index (χ0n) is 8.98. The molecule has 84 valence electrons. The first-order valence-corrected chi connectivity index (χ1v) is 5.32. The van der Waals surface area contributed by atoms with Gasteiger partial charge in [0, 0.05) is 24.2 Å². The number of benzene rings is 1. The highest BCUT2D eigenvalue weighted by Gasteiger charge is 2.06. The summed E-state index contributed by atoms with van der Waals surface area (Å²) >= 11 is 5.85. The molecule has 0 aliphatic rings. The molecule has 0 aliphatic heterocycles. The largest absolute Gasteiger partial charge is 0.472 e. The number of nitrogen functional groups attached to an aromatic ring is 1. The molecule has 0 saturated carbocycles. The number of rotatable bonds is 3. The normalized spacial score (nSPS) is 10.4. The van der Waals surface area contributed by atoms with E-state index < -0.39 is 0 Å². The lowest BCUT2D eigenvalue weighted by atomic mass is 10.2. The molecule has 0 saturated heterocycles. The summed E-state index contributed by atoms with van der Waals surface area (Å²) in [5.41, 5.74) is 8.65. The van der Waals surface area contributed by atoms with Gasteiger partial charge in [-0.15, -0.1) is 0 Å². The van der Waals surface area contributed by atoms with Crippen molar-refractivity contribution in [2.75, 3.05) is 17.7 Å². The third-order valence-corrected chi connectivity index (χ3v) is 2.64. The number of hydrogen-bond acceptors (Lipinski definition) is 3. The standard InChI is InChI=1S/C12H13ClN2O/c1-15(7-9-4-5-16-8-9)12-3-2-10(13)6-11(12)14/h2-6,8H,7,14H2,1H3. The molecular weight excluding hydrogens is 224 g/mol. The van der Waals surface area contributed by atoms with Crippen LogP contribution in [0.5, 0.6) is 0 Å². The van der Waals surface area contributed by atoms with E-state index in [1.165, 1.54) is 0 Å². The Labute approximate surface area is 99.4 Å². The number of halogens is 1. The minimum Gasteiger partial charge on any atom is -0.472 e. The van der Waals surface area contributed by atoms with Gasteiger partial charge in [-0.25, -0.2) is 0 Å². The fourth-order valence-electron chi connectivity index (χ4n) is 1.61. The van der Waals surface area contributed by atoms with Crippen LogP contribution in [0.1, 0.15) is 5.56 Å². The predicted molar refractivity (Wildman–Crippen MR) is 66.7 cm³/mol. The molecule has 2 aromatic rings. The van der Waals surface area contributed by atoms with Gasteiger partial charge in [0.05, 0.1) is 23.9 Å². The molecule has 0 spiro atoms. The molecule has 0 atom stereocenters. The van der Waals surface area contributed by atoms with Crippen molar-refractivity contribution in [1.82, 2.24) is 0 Å². The third kappa shape index (κ3) is 2.31. The van der Waals surface area contributed by atoms with Crippen LogP contribution in [0.15, 0.2) is 41.2 Å². The van der Waals surface area contributed by atoms with Gasteiger partial charge in [-0.2, -0.15) is 0 Å². The first kappa shape index (κ1) is 10.9. The molecule has 0 radical (unpaired) electrons. The zero-order valence-corrected chi connectivity index (χ0v) is 9.74. The summed E-state index contributed by atoms with van der Waals surface area (Å²) in [7, 11) is 1.98. The van der Waals surface area contributed by atoms with E-state index in [0.717, 1.165) is 17.8 Å². The fraction of sp³-hybridized carbons (Fsp3) is 0.167. The Morgan fingerprint density at radius 2 is 2.19 bits per heavy atom. The lowest BCUT2D eigenvalue weighted by molar-refractivity contribution is 0.563. The van der Waals surface area contributed by atoms with Crippen molar-refractivity contribution in [2.45, 2.75) is 6.54 Å². The maximum absolute atomic E-state index is 5.90. The Hall–Kier alpha value is -1.61. The van der Waals surface area contributed by atoms with Crippen LogP contribution in [0.3, 0.4) is 0 Å². The van der Waals surface area contributed by atoms with Crippen molar-refractivity contribution in [2.24, 2.45) is 0 Å². The van der Waals surface area contributed by atoms with Crippen LogP contribution >= 0.6 is 11.6 Å². The Balaban J connectivity index is 2.17. The van der Waals surface area contributed by atoms with E-state index in [9.17, 15) is 0 Å². The molecule has 0 fully saturated rings. The number of nitrogens with zero attached hydrogens (tertiary/aromatic N) is 1. The Morgan fingerprint density at radius 1 is 1.38 bits per heavy atom. The van der Waals surface area contributed by atoms with Gasteiger partial charge in [-0.1, -0.05) is 11.6 Å². The van der Waals surface area contributed by atoms with Gasteiger partial charge in [-0.3, -0.25) is 0 Å². The zero-order chi connectivity index (χ0) is 11.5. The van der Waals surface area contributed by atoms with Crippen LogP contribution in [0, 0.1) is 0 Å². The molecule has 4 heteroatoms. The van der Waals surface area contributed by atoms with E-state index >= 15 is 0 Å². The summed E-state index contributed by atoms with van der Waals surface area (Å²) in [6.45, 7) is 0.752. The number of anilines is 2. The maximum atomic E-state index is 5.90. The van der Waals surface area contributed by atoms with E-state index in [2.05, 4.69) is 4.90 Å². The van der Waals surface area contributed by atoms with Crippen LogP contribution in [0.2, 0.25) is 5.02 Å². The van der Waals surface area contributed by atoms with Crippen molar-refractivity contribution in [3.63, 3.8) is 0 Å². The molecule has 3 nitrogen and oxygen atoms in total. The van der Waals surface area contributed by atoms with Crippen molar-refractivity contribution in [1.29, 1.82) is 0 Å². The average molecular weight is 237 g/mol. The summed E-state index contributed by atoms with van der Waals surface area (Å²) in [5.74, 6) is 0. The van der Waals surface area contributed by atoms with E-state index in [-0.39, 0.29) is 0 Å². The molecule has 0 aliphatic carbocycles. The highest BCUT2D eigenvalue weighted by Crippen LogP contribution is 2.26. The minimum atomic E-state index is 0.651. The molecule has 16 heavy (non-hydrogen) atoms. The first-order chi connectivity index (χ1) is 7.66. The second kappa shape index (κ2) is 4.49. The van der Waals surface area contributed by atoms with Gasteiger partial charge >= 0.3 is 0 Å². The van der Waals surface area contributed by atoms with Gasteiger partial charge < -0.3 is 15.1 Å². The summed E-state index contributed by atoms with van der Waals surface area (Å²) in [5, 5.41) is 0.651. The molecule has 0 amide bonds. The van der Waals surface area contributed by atoms with Crippen LogP contribution in [0.25, 0.3) is 0 Å². The predicted octanol–water partition coefficient (Wildman–Crippen LogP) is 3.15. The number of hydrogen-bond donors (Lipinski definition) is 1. The molecule has 1 aromatic heterocycles. The molecular formula is C12H13ClN2O. The average Bonchev–Trinajstić information content (AvgIpc) is 2.70. The van der Waals surface area contributed by atoms with Crippen molar-refractivity contribution in [3.8, 4) is 0 Å². The summed E-state index contributed by atoms with van der Waals surface area (Å²) in [6, 6.07) is 7.43. The number of nitrogens with two attached hydrogens (primary N) is 1. The summed E-state index contributed by atoms with van der Waals surface area (Å²) in [6.07, 6.45) is 3.39. The minimum absolute atomic E-state index is 0.651. The van der Waals surface area contributed by atoms with Crippen molar-refractivity contribution in [3.05, 3.63) is 47.4 Å². The van der Waals surface area contributed by atoms with E-state index in [0.29, 0.717) is 10.7 Å². The third-order valence-electron chi connectivity index (χ3n) is 2.40. The van der Waals surface area contributed by atoms with E-state index in [1.807, 2.05) is 25.2 Å². The molecule has 2 N–H and O–H groups in total. The number of furan rings is 1. The van der Waals surface area contributed by atoms with Crippen molar-refractivity contribution < 1.29 is 4.42 Å². The van der Waals surface area contributed by atoms with Gasteiger partial charge in [0.15, 0.2) is 0 Å². The maximum Gasteiger partial charge on any atom is 0.0952 e. The smallest absolute Gasteiger partial charge is 0.0952 e. The lowest BCUT2D eigenvalue weighted by Gasteiger charge is -2.20. The SMILES string of the molecule is CN(Cc1ccoc1)c1ccc(Cl)cc1N. The Bertz CT molecular complexity index is 468. The van der Waals surface area contributed by atoms with Gasteiger partial charge in [0.2, 0.25) is 0 Å². The van der Waals surface area contributed by atoms with Gasteiger partial charge in [0.25, 0.3) is 0 Å². The van der Waals surface area contributed by atoms with Crippen LogP contribution in [-0.2, 0) is 6.54 Å². The van der Waals surface area contributed by atoms with E-state index in [1.54, 1.807) is 18.6 Å². The van der Waals surface area contributed by atoms with Crippen LogP contribution in [0.4, 0.5) is 11.4 Å². The second-order valence-electron chi connectivity index (χ2n) is 3.69. The molecule has 0 unspecified atom stereocenters. The summed E-state index contributed by atoms with van der Waals surface area (Å²) < 4.78 is 5.02. The van der Waals surface area contributed by atoms with Crippen LogP contribution in [-0.4, -0.2) is 7.05 Å². The molecule has 1 heterocycles. The molecule has 2 rings (SSSR count). The van der Waals surface area contributed by atoms with Gasteiger partial charge in [0.1, 0.15) is 0 Å². The fourth-order valence-corrected chi connectivity index (χ4v) is 1.80. The Morgan fingerprint density at radius 3 is 2.81 bits per heavy atom. The summed E-state index contributed by atoms with van der Waals surface area (Å²) in [4.78, 5) is 2.05. The quantitative estimate of drug-likeness (QED) is 0.833. The van der Waals surface area contributed by atoms with E-state index in [4.69, 9.17) is 21.8 Å². The topological polar surface area (TPSA) is 42.4 Å².